The minimum atomic E-state index is 0.193. The van der Waals surface area contributed by atoms with Crippen LogP contribution in [0.25, 0.3) is 0 Å². The summed E-state index contributed by atoms with van der Waals surface area (Å²) in [5.41, 5.74) is 5.30. The number of nitrogens with zero attached hydrogens (tertiary/aromatic N) is 2. The van der Waals surface area contributed by atoms with Crippen LogP contribution in [0.5, 0.6) is 0 Å². The molecule has 0 radical (unpaired) electrons. The van der Waals surface area contributed by atoms with Gasteiger partial charge >= 0.3 is 0 Å². The smallest absolute Gasteiger partial charge is 0.151 e. The van der Waals surface area contributed by atoms with Crippen LogP contribution in [0, 0.1) is 6.92 Å². The predicted octanol–water partition coefficient (Wildman–Crippen LogP) is 2.91. The van der Waals surface area contributed by atoms with Gasteiger partial charge in [-0.2, -0.15) is 5.10 Å². The third kappa shape index (κ3) is 2.09. The predicted molar refractivity (Wildman–Crippen MR) is 66.9 cm³/mol. The van der Waals surface area contributed by atoms with E-state index in [1.54, 1.807) is 11.3 Å². The molecule has 0 aliphatic rings. The maximum absolute atomic E-state index is 4.29. The van der Waals surface area contributed by atoms with Crippen molar-refractivity contribution >= 4 is 17.2 Å². The molecule has 2 aromatic rings. The molecule has 2 heterocycles. The van der Waals surface area contributed by atoms with Crippen LogP contribution in [0.2, 0.25) is 0 Å². The number of aromatic amines is 1. The van der Waals surface area contributed by atoms with Crippen LogP contribution in [0.1, 0.15) is 36.8 Å². The van der Waals surface area contributed by atoms with Crippen molar-refractivity contribution in [2.24, 2.45) is 0 Å². The van der Waals surface area contributed by atoms with Gasteiger partial charge in [-0.3, -0.25) is 5.10 Å². The minimum Gasteiger partial charge on any atom is -0.360 e. The van der Waals surface area contributed by atoms with Crippen LogP contribution in [0.15, 0.2) is 10.9 Å². The number of nitrogens with one attached hydrogen (secondary N) is 2. The molecule has 2 aromatic heterocycles. The van der Waals surface area contributed by atoms with Crippen LogP contribution in [-0.4, -0.2) is 15.2 Å². The third-order valence-corrected chi connectivity index (χ3v) is 3.32. The Bertz CT molecular complexity index is 447. The van der Waals surface area contributed by atoms with Gasteiger partial charge in [0.2, 0.25) is 0 Å². The second-order valence-corrected chi connectivity index (χ2v) is 4.53. The average molecular weight is 236 g/mol. The molecule has 0 amide bonds. The van der Waals surface area contributed by atoms with Gasteiger partial charge in [0.25, 0.3) is 0 Å². The van der Waals surface area contributed by atoms with Crippen molar-refractivity contribution in [3.63, 3.8) is 0 Å². The molecular formula is C11H16N4S. The van der Waals surface area contributed by atoms with Gasteiger partial charge in [-0.25, -0.2) is 4.98 Å². The number of rotatable bonds is 4. The first-order chi connectivity index (χ1) is 7.72. The third-order valence-electron chi connectivity index (χ3n) is 2.71. The first kappa shape index (κ1) is 11.1. The highest BCUT2D eigenvalue weighted by Gasteiger charge is 2.12. The standard InChI is InChI=1S/C11H16N4S/c1-4-9-7(2)11(15-14-9)13-8(3)10-5-16-6-12-10/h5-6,8H,4H2,1-3H3,(H2,13,14,15). The minimum absolute atomic E-state index is 0.193. The molecule has 0 fully saturated rings. The van der Waals surface area contributed by atoms with Gasteiger partial charge in [0.1, 0.15) is 0 Å². The summed E-state index contributed by atoms with van der Waals surface area (Å²) in [6.45, 7) is 6.29. The highest BCUT2D eigenvalue weighted by Crippen LogP contribution is 2.21. The van der Waals surface area contributed by atoms with E-state index in [1.807, 2.05) is 5.51 Å². The first-order valence-corrected chi connectivity index (χ1v) is 6.35. The zero-order chi connectivity index (χ0) is 11.5. The molecule has 4 nitrogen and oxygen atoms in total. The fourth-order valence-electron chi connectivity index (χ4n) is 1.63. The molecule has 0 saturated heterocycles. The SMILES string of the molecule is CCc1[nH]nc(NC(C)c2cscn2)c1C. The Kier molecular flexibility index (Phi) is 3.24. The Balaban J connectivity index is 2.12. The molecule has 0 aromatic carbocycles. The Labute approximate surface area is 99.1 Å². The molecule has 86 valence electrons. The van der Waals surface area contributed by atoms with E-state index < -0.39 is 0 Å². The summed E-state index contributed by atoms with van der Waals surface area (Å²) in [5, 5.41) is 12.7. The second kappa shape index (κ2) is 4.65. The number of anilines is 1. The van der Waals surface area contributed by atoms with E-state index in [0.29, 0.717) is 0 Å². The first-order valence-electron chi connectivity index (χ1n) is 5.40. The summed E-state index contributed by atoms with van der Waals surface area (Å²) in [7, 11) is 0. The van der Waals surface area contributed by atoms with Crippen molar-refractivity contribution in [1.82, 2.24) is 15.2 Å². The summed E-state index contributed by atoms with van der Waals surface area (Å²) in [6, 6.07) is 0.193. The molecule has 0 bridgehead atoms. The molecule has 2 N–H and O–H groups in total. The lowest BCUT2D eigenvalue weighted by Crippen LogP contribution is -2.08. The molecule has 5 heteroatoms. The fourth-order valence-corrected chi connectivity index (χ4v) is 2.28. The topological polar surface area (TPSA) is 53.6 Å². The lowest BCUT2D eigenvalue weighted by atomic mass is 10.2. The lowest BCUT2D eigenvalue weighted by Gasteiger charge is -2.11. The van der Waals surface area contributed by atoms with E-state index in [9.17, 15) is 0 Å². The van der Waals surface area contributed by atoms with Gasteiger partial charge in [0, 0.05) is 16.6 Å². The highest BCUT2D eigenvalue weighted by molar-refractivity contribution is 7.07. The number of hydrogen-bond acceptors (Lipinski definition) is 4. The van der Waals surface area contributed by atoms with Gasteiger partial charge in [0.15, 0.2) is 5.82 Å². The van der Waals surface area contributed by atoms with Crippen molar-refractivity contribution in [2.75, 3.05) is 5.32 Å². The van der Waals surface area contributed by atoms with E-state index in [-0.39, 0.29) is 6.04 Å². The maximum atomic E-state index is 4.29. The Morgan fingerprint density at radius 2 is 2.38 bits per heavy atom. The molecule has 0 aliphatic carbocycles. The van der Waals surface area contributed by atoms with Gasteiger partial charge in [-0.1, -0.05) is 6.92 Å². The average Bonchev–Trinajstić information content (AvgIpc) is 2.89. The largest absolute Gasteiger partial charge is 0.360 e. The van der Waals surface area contributed by atoms with Crippen molar-refractivity contribution < 1.29 is 0 Å². The van der Waals surface area contributed by atoms with E-state index in [1.165, 1.54) is 11.3 Å². The zero-order valence-electron chi connectivity index (χ0n) is 9.74. The number of thiazole rings is 1. The van der Waals surface area contributed by atoms with Crippen LogP contribution >= 0.6 is 11.3 Å². The van der Waals surface area contributed by atoms with E-state index in [4.69, 9.17) is 0 Å². The summed E-state index contributed by atoms with van der Waals surface area (Å²) >= 11 is 1.61. The summed E-state index contributed by atoms with van der Waals surface area (Å²) < 4.78 is 0. The van der Waals surface area contributed by atoms with Gasteiger partial charge in [-0.15, -0.1) is 11.3 Å². The molecule has 2 rings (SSSR count). The molecule has 0 spiro atoms. The zero-order valence-corrected chi connectivity index (χ0v) is 10.6. The molecule has 1 atom stereocenters. The molecule has 0 aliphatic heterocycles. The molecule has 0 saturated carbocycles. The van der Waals surface area contributed by atoms with Gasteiger partial charge in [-0.05, 0) is 20.3 Å². The maximum Gasteiger partial charge on any atom is 0.151 e. The van der Waals surface area contributed by atoms with Gasteiger partial charge in [0.05, 0.1) is 17.2 Å². The Hall–Kier alpha value is -1.36. The van der Waals surface area contributed by atoms with Crippen molar-refractivity contribution in [3.8, 4) is 0 Å². The van der Waals surface area contributed by atoms with Crippen molar-refractivity contribution in [1.29, 1.82) is 0 Å². The van der Waals surface area contributed by atoms with E-state index >= 15 is 0 Å². The monoisotopic (exact) mass is 236 g/mol. The number of H-pyrrole nitrogens is 1. The van der Waals surface area contributed by atoms with Crippen molar-refractivity contribution in [3.05, 3.63) is 27.8 Å². The van der Waals surface area contributed by atoms with E-state index in [2.05, 4.69) is 46.6 Å². The lowest BCUT2D eigenvalue weighted by molar-refractivity contribution is 0.837. The number of aryl methyl sites for hydroxylation is 1. The van der Waals surface area contributed by atoms with Crippen LogP contribution in [-0.2, 0) is 6.42 Å². The van der Waals surface area contributed by atoms with Gasteiger partial charge < -0.3 is 5.32 Å². The van der Waals surface area contributed by atoms with Crippen LogP contribution < -0.4 is 5.32 Å². The second-order valence-electron chi connectivity index (χ2n) is 3.81. The summed E-state index contributed by atoms with van der Waals surface area (Å²) in [5.74, 6) is 0.928. The molecule has 16 heavy (non-hydrogen) atoms. The quantitative estimate of drug-likeness (QED) is 0.858. The number of hydrogen-bond donors (Lipinski definition) is 2. The number of aromatic nitrogens is 3. The fraction of sp³-hybridized carbons (Fsp3) is 0.455. The summed E-state index contributed by atoms with van der Waals surface area (Å²) in [6.07, 6.45) is 0.978. The highest BCUT2D eigenvalue weighted by atomic mass is 32.1. The Morgan fingerprint density at radius 3 is 2.94 bits per heavy atom. The summed E-state index contributed by atoms with van der Waals surface area (Å²) in [4.78, 5) is 4.29. The van der Waals surface area contributed by atoms with Crippen LogP contribution in [0.3, 0.4) is 0 Å². The van der Waals surface area contributed by atoms with E-state index in [0.717, 1.165) is 17.9 Å². The normalized spacial score (nSPS) is 12.7. The van der Waals surface area contributed by atoms with Crippen LogP contribution in [0.4, 0.5) is 5.82 Å². The Morgan fingerprint density at radius 1 is 1.56 bits per heavy atom. The van der Waals surface area contributed by atoms with Crippen molar-refractivity contribution in [2.45, 2.75) is 33.2 Å². The molecular weight excluding hydrogens is 220 g/mol. The molecule has 1 unspecified atom stereocenters.